The molecule has 0 saturated carbocycles. The molecule has 0 aliphatic heterocycles. The van der Waals surface area contributed by atoms with E-state index in [4.69, 9.17) is 10.0 Å². The summed E-state index contributed by atoms with van der Waals surface area (Å²) >= 11 is 0. The highest BCUT2D eigenvalue weighted by atomic mass is 16.4. The highest BCUT2D eigenvalue weighted by molar-refractivity contribution is 6.13. The molecule has 0 bridgehead atoms. The van der Waals surface area contributed by atoms with Crippen molar-refractivity contribution in [1.29, 1.82) is 0 Å². The first-order valence-electron chi connectivity index (χ1n) is 4.82. The number of hydrogen-bond acceptors (Lipinski definition) is 6. The van der Waals surface area contributed by atoms with Gasteiger partial charge in [-0.05, 0) is 24.3 Å². The molecule has 0 aliphatic carbocycles. The number of aromatic nitrogens is 2. The smallest absolute Gasteiger partial charge is 0.430 e. The van der Waals surface area contributed by atoms with Crippen LogP contribution in [-0.4, -0.2) is 27.7 Å². The second-order valence-corrected chi connectivity index (χ2v) is 2.72. The number of nitrogens with zero attached hydrogens (tertiary/aromatic N) is 4. The van der Waals surface area contributed by atoms with Crippen LogP contribution in [0.2, 0.25) is 0 Å². The second-order valence-electron chi connectivity index (χ2n) is 2.72. The molecule has 86 valence electrons. The number of azo groups is 1. The quantitative estimate of drug-likeness (QED) is 0.597. The molecule has 0 radical (unpaired) electrons. The van der Waals surface area contributed by atoms with Crippen LogP contribution in [0.1, 0.15) is 0 Å². The molecule has 6 nitrogen and oxygen atoms in total. The maximum Gasteiger partial charge on any atom is 0.432 e. The predicted molar refractivity (Wildman–Crippen MR) is 64.2 cm³/mol. The average molecular weight is 230 g/mol. The van der Waals surface area contributed by atoms with Crippen LogP contribution in [-0.2, 0) is 0 Å². The van der Waals surface area contributed by atoms with Crippen LogP contribution < -0.4 is 0 Å². The van der Waals surface area contributed by atoms with Gasteiger partial charge in [0.15, 0.2) is 11.6 Å². The van der Waals surface area contributed by atoms with E-state index in [1.165, 1.54) is 0 Å². The van der Waals surface area contributed by atoms with Gasteiger partial charge < -0.3 is 10.0 Å². The minimum Gasteiger partial charge on any atom is -0.430 e. The molecule has 0 aliphatic rings. The van der Waals surface area contributed by atoms with Crippen molar-refractivity contribution in [2.45, 2.75) is 0 Å². The van der Waals surface area contributed by atoms with E-state index in [1.54, 1.807) is 24.5 Å². The zero-order valence-electron chi connectivity index (χ0n) is 9.01. The van der Waals surface area contributed by atoms with Crippen molar-refractivity contribution in [2.24, 2.45) is 10.2 Å². The van der Waals surface area contributed by atoms with Gasteiger partial charge in [-0.25, -0.2) is 9.97 Å². The SMILES string of the molecule is OBO.c1ccc(N=Nc2ccccn2)nc1. The molecule has 2 aromatic rings. The van der Waals surface area contributed by atoms with Gasteiger partial charge in [0.25, 0.3) is 0 Å². The van der Waals surface area contributed by atoms with E-state index in [1.807, 2.05) is 24.3 Å². The fourth-order valence-electron chi connectivity index (χ4n) is 0.928. The van der Waals surface area contributed by atoms with Crippen LogP contribution in [0.15, 0.2) is 59.0 Å². The zero-order valence-corrected chi connectivity index (χ0v) is 9.01. The average Bonchev–Trinajstić information content (AvgIpc) is 2.40. The third kappa shape index (κ3) is 5.50. The van der Waals surface area contributed by atoms with E-state index in [0.717, 1.165) is 0 Å². The lowest BCUT2D eigenvalue weighted by Crippen LogP contribution is -1.75. The van der Waals surface area contributed by atoms with Crippen molar-refractivity contribution >= 4 is 19.3 Å². The highest BCUT2D eigenvalue weighted by Crippen LogP contribution is 2.11. The summed E-state index contributed by atoms with van der Waals surface area (Å²) in [5.41, 5.74) is 0. The lowest BCUT2D eigenvalue weighted by molar-refractivity contribution is 0.448. The molecule has 0 spiro atoms. The van der Waals surface area contributed by atoms with Gasteiger partial charge in [-0.3, -0.25) is 0 Å². The second kappa shape index (κ2) is 8.09. The highest BCUT2D eigenvalue weighted by Gasteiger charge is 1.88. The molecule has 0 unspecified atom stereocenters. The Bertz CT molecular complexity index is 397. The van der Waals surface area contributed by atoms with Crippen LogP contribution in [0.3, 0.4) is 0 Å². The molecule has 0 aromatic carbocycles. The largest absolute Gasteiger partial charge is 0.432 e. The maximum absolute atomic E-state index is 7.12. The molecule has 0 saturated heterocycles. The molecule has 17 heavy (non-hydrogen) atoms. The van der Waals surface area contributed by atoms with Crippen molar-refractivity contribution in [3.8, 4) is 0 Å². The van der Waals surface area contributed by atoms with E-state index < -0.39 is 7.69 Å². The molecule has 2 aromatic heterocycles. The number of rotatable bonds is 2. The summed E-state index contributed by atoms with van der Waals surface area (Å²) in [4.78, 5) is 8.01. The predicted octanol–water partition coefficient (Wildman–Crippen LogP) is 1.13. The van der Waals surface area contributed by atoms with Crippen molar-refractivity contribution < 1.29 is 10.0 Å². The molecule has 2 N–H and O–H groups in total. The first kappa shape index (κ1) is 13.0. The van der Waals surface area contributed by atoms with Crippen molar-refractivity contribution in [3.63, 3.8) is 0 Å². The Morgan fingerprint density at radius 2 is 1.24 bits per heavy atom. The molecule has 0 amide bonds. The Labute approximate surface area is 99.0 Å². The van der Waals surface area contributed by atoms with Gasteiger partial charge in [-0.1, -0.05) is 12.1 Å². The van der Waals surface area contributed by atoms with Crippen LogP contribution in [0.5, 0.6) is 0 Å². The summed E-state index contributed by atoms with van der Waals surface area (Å²) in [5.74, 6) is 1.16. The van der Waals surface area contributed by atoms with Gasteiger partial charge in [-0.15, -0.1) is 10.2 Å². The maximum atomic E-state index is 7.12. The summed E-state index contributed by atoms with van der Waals surface area (Å²) in [6.07, 6.45) is 3.35. The zero-order chi connectivity index (χ0) is 12.3. The molecular weight excluding hydrogens is 219 g/mol. The van der Waals surface area contributed by atoms with Crippen molar-refractivity contribution in [3.05, 3.63) is 48.8 Å². The summed E-state index contributed by atoms with van der Waals surface area (Å²) in [6.45, 7) is 0. The van der Waals surface area contributed by atoms with Crippen LogP contribution in [0.4, 0.5) is 11.6 Å². The molecule has 2 rings (SSSR count). The summed E-state index contributed by atoms with van der Waals surface area (Å²) in [7, 11) is -0.750. The lowest BCUT2D eigenvalue weighted by atomic mass is 10.5. The van der Waals surface area contributed by atoms with Gasteiger partial charge >= 0.3 is 7.69 Å². The third-order valence-corrected chi connectivity index (χ3v) is 1.55. The number of hydrogen-bond donors (Lipinski definition) is 2. The van der Waals surface area contributed by atoms with Crippen LogP contribution in [0, 0.1) is 0 Å². The Hall–Kier alpha value is -2.12. The standard InChI is InChI=1S/C10H8N4.BH3O2/c1-3-7-11-9(5-1)13-14-10-6-2-4-8-12-10;2-1-3/h1-8H;1-3H. The van der Waals surface area contributed by atoms with Crippen molar-refractivity contribution in [2.75, 3.05) is 0 Å². The molecular formula is C10H11BN4O2. The molecule has 7 heteroatoms. The summed E-state index contributed by atoms with van der Waals surface area (Å²) in [5, 5.41) is 22.1. The van der Waals surface area contributed by atoms with E-state index in [9.17, 15) is 0 Å². The lowest BCUT2D eigenvalue weighted by Gasteiger charge is -1.89. The summed E-state index contributed by atoms with van der Waals surface area (Å²) in [6, 6.07) is 11.0. The minimum atomic E-state index is -0.750. The Morgan fingerprint density at radius 3 is 1.53 bits per heavy atom. The molecule has 0 atom stereocenters. The monoisotopic (exact) mass is 230 g/mol. The van der Waals surface area contributed by atoms with E-state index >= 15 is 0 Å². The van der Waals surface area contributed by atoms with Gasteiger partial charge in [0.2, 0.25) is 0 Å². The van der Waals surface area contributed by atoms with E-state index in [0.29, 0.717) is 11.6 Å². The summed E-state index contributed by atoms with van der Waals surface area (Å²) < 4.78 is 0. The molecule has 2 heterocycles. The third-order valence-electron chi connectivity index (χ3n) is 1.55. The van der Waals surface area contributed by atoms with Gasteiger partial charge in [0.1, 0.15) is 0 Å². The van der Waals surface area contributed by atoms with Gasteiger partial charge in [0, 0.05) is 12.4 Å². The van der Waals surface area contributed by atoms with Crippen molar-refractivity contribution in [1.82, 2.24) is 9.97 Å². The molecule has 0 fully saturated rings. The first-order chi connectivity index (χ1) is 8.36. The normalized spacial score (nSPS) is 9.53. The van der Waals surface area contributed by atoms with Crippen LogP contribution in [0.25, 0.3) is 0 Å². The fourth-order valence-corrected chi connectivity index (χ4v) is 0.928. The van der Waals surface area contributed by atoms with Gasteiger partial charge in [-0.2, -0.15) is 0 Å². The van der Waals surface area contributed by atoms with E-state index in [-0.39, 0.29) is 0 Å². The fraction of sp³-hybridized carbons (Fsp3) is 0. The Morgan fingerprint density at radius 1 is 0.824 bits per heavy atom. The van der Waals surface area contributed by atoms with Crippen LogP contribution >= 0.6 is 0 Å². The topological polar surface area (TPSA) is 91.0 Å². The first-order valence-corrected chi connectivity index (χ1v) is 4.82. The number of pyridine rings is 2. The Balaban J connectivity index is 0.000000437. The van der Waals surface area contributed by atoms with Gasteiger partial charge in [0.05, 0.1) is 0 Å². The Kier molecular flexibility index (Phi) is 6.16. The minimum absolute atomic E-state index is 0.582. The van der Waals surface area contributed by atoms with E-state index in [2.05, 4.69) is 20.2 Å².